The molecule has 3 nitrogen and oxygen atoms in total. The van der Waals surface area contributed by atoms with Crippen LogP contribution in [0.5, 0.6) is 0 Å². The Morgan fingerprint density at radius 1 is 0.850 bits per heavy atom. The summed E-state index contributed by atoms with van der Waals surface area (Å²) >= 11 is 0. The number of rotatable bonds is 2. The molecule has 0 saturated heterocycles. The van der Waals surface area contributed by atoms with Gasteiger partial charge in [0.1, 0.15) is 0 Å². The van der Waals surface area contributed by atoms with Crippen molar-refractivity contribution in [2.24, 2.45) is 5.92 Å². The van der Waals surface area contributed by atoms with E-state index in [0.717, 1.165) is 25.7 Å². The number of nitrogens with zero attached hydrogens (tertiary/aromatic N) is 1. The molecule has 1 rings (SSSR count). The van der Waals surface area contributed by atoms with Crippen LogP contribution in [0.4, 0.5) is 0 Å². The van der Waals surface area contributed by atoms with Crippen LogP contribution in [-0.4, -0.2) is 11.0 Å². The van der Waals surface area contributed by atoms with E-state index in [0.29, 0.717) is 5.92 Å². The summed E-state index contributed by atoms with van der Waals surface area (Å²) in [6, 6.07) is -0.314. The maximum Gasteiger partial charge on any atom is 0.213 e. The summed E-state index contributed by atoms with van der Waals surface area (Å²) < 4.78 is 0. The number of nitro groups is 1. The third-order valence-corrected chi connectivity index (χ3v) is 4.50. The molecule has 20 heavy (non-hydrogen) atoms. The lowest BCUT2D eigenvalue weighted by atomic mass is 9.91. The van der Waals surface area contributed by atoms with Crippen LogP contribution in [0.15, 0.2) is 12.2 Å². The number of hydrogen-bond donors (Lipinski definition) is 0. The van der Waals surface area contributed by atoms with Gasteiger partial charge in [0.2, 0.25) is 6.04 Å². The normalized spacial score (nSPS) is 28.1. The Labute approximate surface area is 124 Å². The zero-order valence-electron chi connectivity index (χ0n) is 13.1. The van der Waals surface area contributed by atoms with Crippen LogP contribution in [0.1, 0.15) is 84.0 Å². The average Bonchev–Trinajstić information content (AvgIpc) is 2.42. The van der Waals surface area contributed by atoms with Crippen LogP contribution < -0.4 is 0 Å². The molecular formula is C17H31NO2. The summed E-state index contributed by atoms with van der Waals surface area (Å²) in [6.07, 6.45) is 18.1. The molecule has 0 bridgehead atoms. The first-order chi connectivity index (χ1) is 9.74. The number of allylic oxidation sites excluding steroid dienone is 2. The summed E-state index contributed by atoms with van der Waals surface area (Å²) in [5.41, 5.74) is 0. The first-order valence-corrected chi connectivity index (χ1v) is 8.50. The van der Waals surface area contributed by atoms with Crippen LogP contribution in [0.25, 0.3) is 0 Å². The lowest BCUT2D eigenvalue weighted by Crippen LogP contribution is -2.20. The average molecular weight is 281 g/mol. The molecule has 0 heterocycles. The zero-order chi connectivity index (χ0) is 14.6. The van der Waals surface area contributed by atoms with Crippen LogP contribution in [0.2, 0.25) is 0 Å². The van der Waals surface area contributed by atoms with E-state index >= 15 is 0 Å². The van der Waals surface area contributed by atoms with Crippen molar-refractivity contribution in [2.75, 3.05) is 0 Å². The summed E-state index contributed by atoms with van der Waals surface area (Å²) in [5.74, 6) is 0.547. The maximum atomic E-state index is 11.1. The second-order valence-electron chi connectivity index (χ2n) is 6.21. The highest BCUT2D eigenvalue weighted by molar-refractivity contribution is 4.86. The molecule has 0 aromatic rings. The molecule has 1 aliphatic carbocycles. The van der Waals surface area contributed by atoms with Gasteiger partial charge in [-0.15, -0.1) is 0 Å². The lowest BCUT2D eigenvalue weighted by Gasteiger charge is -2.16. The molecule has 1 aliphatic rings. The largest absolute Gasteiger partial charge is 0.264 e. The van der Waals surface area contributed by atoms with E-state index in [1.54, 1.807) is 0 Å². The minimum Gasteiger partial charge on any atom is -0.264 e. The van der Waals surface area contributed by atoms with Crippen LogP contribution in [0.3, 0.4) is 0 Å². The molecule has 2 unspecified atom stereocenters. The Kier molecular flexibility index (Phi) is 9.35. The molecule has 0 N–H and O–H groups in total. The molecule has 0 aromatic carbocycles. The molecule has 3 heteroatoms. The first-order valence-electron chi connectivity index (χ1n) is 8.50. The van der Waals surface area contributed by atoms with Gasteiger partial charge < -0.3 is 0 Å². The van der Waals surface area contributed by atoms with E-state index in [4.69, 9.17) is 0 Å². The van der Waals surface area contributed by atoms with Gasteiger partial charge in [0, 0.05) is 17.8 Å². The van der Waals surface area contributed by atoms with Crippen LogP contribution >= 0.6 is 0 Å². The Morgan fingerprint density at radius 2 is 1.40 bits per heavy atom. The highest BCUT2D eigenvalue weighted by atomic mass is 16.6. The van der Waals surface area contributed by atoms with E-state index in [1.807, 2.05) is 0 Å². The second-order valence-corrected chi connectivity index (χ2v) is 6.21. The van der Waals surface area contributed by atoms with Gasteiger partial charge in [-0.05, 0) is 32.1 Å². The predicted octanol–water partition coefficient (Wildman–Crippen LogP) is 5.52. The molecule has 0 aromatic heterocycles. The summed E-state index contributed by atoms with van der Waals surface area (Å²) in [7, 11) is 0. The molecule has 1 fully saturated rings. The fourth-order valence-corrected chi connectivity index (χ4v) is 3.22. The van der Waals surface area contributed by atoms with Crippen molar-refractivity contribution in [1.82, 2.24) is 0 Å². The van der Waals surface area contributed by atoms with Gasteiger partial charge in [-0.1, -0.05) is 57.1 Å². The minimum atomic E-state index is -0.314. The fourth-order valence-electron chi connectivity index (χ4n) is 3.22. The molecule has 116 valence electrons. The topological polar surface area (TPSA) is 43.1 Å². The number of hydrogen-bond acceptors (Lipinski definition) is 2. The van der Waals surface area contributed by atoms with Crippen molar-refractivity contribution < 1.29 is 4.92 Å². The minimum absolute atomic E-state index is 0.0431. The Hall–Kier alpha value is -0.860. The van der Waals surface area contributed by atoms with Crippen molar-refractivity contribution in [3.05, 3.63) is 22.3 Å². The molecule has 0 radical (unpaired) electrons. The predicted molar refractivity (Wildman–Crippen MR) is 84.5 cm³/mol. The van der Waals surface area contributed by atoms with Crippen molar-refractivity contribution in [1.29, 1.82) is 0 Å². The Bertz CT molecular complexity index is 289. The van der Waals surface area contributed by atoms with Gasteiger partial charge in [0.15, 0.2) is 0 Å². The summed E-state index contributed by atoms with van der Waals surface area (Å²) in [4.78, 5) is 11.1. The third-order valence-electron chi connectivity index (χ3n) is 4.50. The fraction of sp³-hybridized carbons (Fsp3) is 0.882. The smallest absolute Gasteiger partial charge is 0.213 e. The molecular weight excluding hydrogens is 250 g/mol. The molecule has 0 aliphatic heterocycles. The zero-order valence-corrected chi connectivity index (χ0v) is 13.1. The van der Waals surface area contributed by atoms with E-state index in [2.05, 4.69) is 19.1 Å². The molecule has 0 amide bonds. The molecule has 2 atom stereocenters. The van der Waals surface area contributed by atoms with Crippen LogP contribution in [-0.2, 0) is 0 Å². The first kappa shape index (κ1) is 17.2. The SMILES string of the molecule is CC=CC1CCCCCCCCCCC([N+](=O)[O-])CC1. The van der Waals surface area contributed by atoms with Gasteiger partial charge in [0.25, 0.3) is 0 Å². The van der Waals surface area contributed by atoms with Gasteiger partial charge in [-0.25, -0.2) is 0 Å². The van der Waals surface area contributed by atoms with Crippen molar-refractivity contribution in [3.8, 4) is 0 Å². The van der Waals surface area contributed by atoms with Gasteiger partial charge in [-0.2, -0.15) is 0 Å². The quantitative estimate of drug-likeness (QED) is 0.380. The monoisotopic (exact) mass is 281 g/mol. The van der Waals surface area contributed by atoms with E-state index in [-0.39, 0.29) is 11.0 Å². The van der Waals surface area contributed by atoms with E-state index in [9.17, 15) is 10.1 Å². The molecule has 1 saturated carbocycles. The summed E-state index contributed by atoms with van der Waals surface area (Å²) in [5, 5.41) is 11.1. The van der Waals surface area contributed by atoms with Gasteiger partial charge in [0.05, 0.1) is 0 Å². The van der Waals surface area contributed by atoms with Crippen molar-refractivity contribution in [2.45, 2.75) is 90.0 Å². The van der Waals surface area contributed by atoms with E-state index in [1.165, 1.54) is 51.4 Å². The summed E-state index contributed by atoms with van der Waals surface area (Å²) in [6.45, 7) is 2.05. The van der Waals surface area contributed by atoms with Crippen molar-refractivity contribution >= 4 is 0 Å². The highest BCUT2D eigenvalue weighted by Gasteiger charge is 2.20. The van der Waals surface area contributed by atoms with Gasteiger partial charge in [-0.3, -0.25) is 10.1 Å². The Balaban J connectivity index is 2.50. The Morgan fingerprint density at radius 3 is 1.95 bits per heavy atom. The maximum absolute atomic E-state index is 11.1. The van der Waals surface area contributed by atoms with Crippen molar-refractivity contribution in [3.63, 3.8) is 0 Å². The third kappa shape index (κ3) is 7.66. The lowest BCUT2D eigenvalue weighted by molar-refractivity contribution is -0.524. The van der Waals surface area contributed by atoms with E-state index < -0.39 is 0 Å². The second kappa shape index (κ2) is 10.9. The standard InChI is InChI=1S/C17H31NO2/c1-2-11-16-12-9-7-5-3-4-6-8-10-13-17(15-14-16)18(19)20/h2,11,16-17H,3-10,12-15H2,1H3. The molecule has 0 spiro atoms. The van der Waals surface area contributed by atoms with Crippen LogP contribution in [0, 0.1) is 16.0 Å². The highest BCUT2D eigenvalue weighted by Crippen LogP contribution is 2.23. The van der Waals surface area contributed by atoms with Gasteiger partial charge >= 0.3 is 0 Å².